The molecule has 1 aliphatic rings. The normalized spacial score (nSPS) is 18.2. The second-order valence-corrected chi connectivity index (χ2v) is 4.26. The van der Waals surface area contributed by atoms with Gasteiger partial charge in [-0.25, -0.2) is 4.99 Å². The number of hydrogen-bond acceptors (Lipinski definition) is 4. The number of nitrogens with zero attached hydrogens (tertiary/aromatic N) is 1. The van der Waals surface area contributed by atoms with E-state index in [9.17, 15) is 4.79 Å². The zero-order chi connectivity index (χ0) is 13.0. The summed E-state index contributed by atoms with van der Waals surface area (Å²) < 4.78 is 5.43. The Morgan fingerprint density at radius 2 is 2.11 bits per heavy atom. The van der Waals surface area contributed by atoms with E-state index in [4.69, 9.17) is 14.9 Å². The molecule has 96 valence electrons. The summed E-state index contributed by atoms with van der Waals surface area (Å²) in [5, 5.41) is 17.8. The Labute approximate surface area is 105 Å². The fraction of sp³-hybridized carbons (Fsp3) is 0.385. The summed E-state index contributed by atoms with van der Waals surface area (Å²) in [6.45, 7) is 0.459. The lowest BCUT2D eigenvalue weighted by Crippen LogP contribution is -2.09. The molecule has 0 fully saturated rings. The van der Waals surface area contributed by atoms with Gasteiger partial charge >= 0.3 is 5.97 Å². The number of carboxylic acids is 1. The third-order valence-corrected chi connectivity index (χ3v) is 2.75. The summed E-state index contributed by atoms with van der Waals surface area (Å²) >= 11 is 0. The molecule has 1 unspecified atom stereocenters. The maximum absolute atomic E-state index is 10.4. The van der Waals surface area contributed by atoms with Crippen LogP contribution in [-0.4, -0.2) is 34.7 Å². The minimum absolute atomic E-state index is 0.0479. The van der Waals surface area contributed by atoms with Gasteiger partial charge in [0.2, 0.25) is 0 Å². The highest BCUT2D eigenvalue weighted by Crippen LogP contribution is 2.15. The van der Waals surface area contributed by atoms with Gasteiger partial charge in [-0.2, -0.15) is 0 Å². The molecule has 0 saturated carbocycles. The van der Waals surface area contributed by atoms with Crippen LogP contribution in [0.4, 0.5) is 0 Å². The monoisotopic (exact) mass is 249 g/mol. The van der Waals surface area contributed by atoms with E-state index in [1.807, 2.05) is 12.1 Å². The van der Waals surface area contributed by atoms with Crippen LogP contribution in [0.25, 0.3) is 0 Å². The molecule has 0 radical (unpaired) electrons. The van der Waals surface area contributed by atoms with E-state index in [0.29, 0.717) is 25.3 Å². The Balaban J connectivity index is 1.88. The van der Waals surface area contributed by atoms with Crippen LogP contribution in [0.1, 0.15) is 18.4 Å². The molecule has 1 aromatic rings. The second kappa shape index (κ2) is 5.53. The summed E-state index contributed by atoms with van der Waals surface area (Å²) in [4.78, 5) is 14.8. The summed E-state index contributed by atoms with van der Waals surface area (Å²) in [7, 11) is 0. The highest BCUT2D eigenvalue weighted by molar-refractivity contribution is 5.80. The fourth-order valence-corrected chi connectivity index (χ4v) is 1.79. The van der Waals surface area contributed by atoms with Crippen molar-refractivity contribution in [1.82, 2.24) is 0 Å². The Morgan fingerprint density at radius 3 is 2.78 bits per heavy atom. The van der Waals surface area contributed by atoms with Crippen molar-refractivity contribution >= 4 is 11.9 Å². The van der Waals surface area contributed by atoms with Crippen molar-refractivity contribution in [3.8, 4) is 5.75 Å². The number of carbonyl (C=O) groups is 1. The third-order valence-electron chi connectivity index (χ3n) is 2.75. The SMILES string of the molecule is O=C(O)CCC1COC(Cc2ccc(O)cc2)=N1. The van der Waals surface area contributed by atoms with Crippen LogP contribution < -0.4 is 0 Å². The number of phenols is 1. The predicted octanol–water partition coefficient (Wildman–Crippen LogP) is 1.60. The first-order valence-electron chi connectivity index (χ1n) is 5.82. The standard InChI is InChI=1S/C13H15NO4/c15-11-4-1-9(2-5-11)7-12-14-10(8-18-12)3-6-13(16)17/h1-2,4-5,10,15H,3,6-8H2,(H,16,17). The summed E-state index contributed by atoms with van der Waals surface area (Å²) in [6, 6.07) is 6.81. The van der Waals surface area contributed by atoms with Gasteiger partial charge in [0.1, 0.15) is 12.4 Å². The van der Waals surface area contributed by atoms with E-state index < -0.39 is 5.97 Å². The number of carboxylic acid groups (broad SMARTS) is 1. The van der Waals surface area contributed by atoms with Crippen molar-refractivity contribution in [1.29, 1.82) is 0 Å². The van der Waals surface area contributed by atoms with Crippen LogP contribution in [0.2, 0.25) is 0 Å². The average molecular weight is 249 g/mol. The number of hydrogen-bond donors (Lipinski definition) is 2. The van der Waals surface area contributed by atoms with Crippen LogP contribution in [0.5, 0.6) is 5.75 Å². The molecule has 0 aliphatic carbocycles. The highest BCUT2D eigenvalue weighted by Gasteiger charge is 2.19. The topological polar surface area (TPSA) is 79.1 Å². The molecule has 0 aromatic heterocycles. The molecule has 18 heavy (non-hydrogen) atoms. The number of rotatable bonds is 5. The largest absolute Gasteiger partial charge is 0.508 e. The van der Waals surface area contributed by atoms with Gasteiger partial charge in [0.05, 0.1) is 6.04 Å². The Bertz CT molecular complexity index is 453. The van der Waals surface area contributed by atoms with Crippen LogP contribution in [-0.2, 0) is 16.0 Å². The van der Waals surface area contributed by atoms with E-state index in [1.54, 1.807) is 12.1 Å². The van der Waals surface area contributed by atoms with Crippen LogP contribution in [0.15, 0.2) is 29.3 Å². The second-order valence-electron chi connectivity index (χ2n) is 4.26. The number of ether oxygens (including phenoxy) is 1. The molecule has 5 heteroatoms. The summed E-state index contributed by atoms with van der Waals surface area (Å²) in [5.41, 5.74) is 1.01. The molecule has 5 nitrogen and oxygen atoms in total. The fourth-order valence-electron chi connectivity index (χ4n) is 1.79. The lowest BCUT2D eigenvalue weighted by molar-refractivity contribution is -0.137. The smallest absolute Gasteiger partial charge is 0.303 e. The molecule has 1 aromatic carbocycles. The molecule has 0 bridgehead atoms. The van der Waals surface area contributed by atoms with Gasteiger partial charge in [-0.15, -0.1) is 0 Å². The van der Waals surface area contributed by atoms with Crippen LogP contribution in [0.3, 0.4) is 0 Å². The molecule has 0 amide bonds. The van der Waals surface area contributed by atoms with Gasteiger partial charge in [0.15, 0.2) is 5.90 Å². The van der Waals surface area contributed by atoms with Crippen molar-refractivity contribution in [2.75, 3.05) is 6.61 Å². The quantitative estimate of drug-likeness (QED) is 0.830. The van der Waals surface area contributed by atoms with Crippen LogP contribution in [0, 0.1) is 0 Å². The maximum Gasteiger partial charge on any atom is 0.303 e. The molecule has 0 spiro atoms. The number of aliphatic carboxylic acids is 1. The predicted molar refractivity (Wildman–Crippen MR) is 65.9 cm³/mol. The van der Waals surface area contributed by atoms with Crippen molar-refractivity contribution < 1.29 is 19.7 Å². The molecular formula is C13H15NO4. The van der Waals surface area contributed by atoms with E-state index >= 15 is 0 Å². The number of aromatic hydroxyl groups is 1. The minimum atomic E-state index is -0.808. The van der Waals surface area contributed by atoms with E-state index in [2.05, 4.69) is 4.99 Å². The average Bonchev–Trinajstić information content (AvgIpc) is 2.77. The minimum Gasteiger partial charge on any atom is -0.508 e. The Morgan fingerprint density at radius 1 is 1.39 bits per heavy atom. The van der Waals surface area contributed by atoms with Gasteiger partial charge in [-0.1, -0.05) is 12.1 Å². The number of phenolic OH excluding ortho intramolecular Hbond substituents is 1. The van der Waals surface area contributed by atoms with E-state index in [-0.39, 0.29) is 18.2 Å². The first kappa shape index (κ1) is 12.4. The molecular weight excluding hydrogens is 234 g/mol. The highest BCUT2D eigenvalue weighted by atomic mass is 16.5. The zero-order valence-electron chi connectivity index (χ0n) is 9.87. The van der Waals surface area contributed by atoms with Gasteiger partial charge in [0.25, 0.3) is 0 Å². The van der Waals surface area contributed by atoms with Crippen LogP contribution >= 0.6 is 0 Å². The zero-order valence-corrected chi connectivity index (χ0v) is 9.87. The Hall–Kier alpha value is -2.04. The van der Waals surface area contributed by atoms with Crippen molar-refractivity contribution in [2.24, 2.45) is 4.99 Å². The molecule has 2 rings (SSSR count). The lowest BCUT2D eigenvalue weighted by Gasteiger charge is -2.01. The number of benzene rings is 1. The molecule has 1 aliphatic heterocycles. The third kappa shape index (κ3) is 3.48. The molecule has 1 atom stereocenters. The summed E-state index contributed by atoms with van der Waals surface area (Å²) in [6.07, 6.45) is 1.20. The van der Waals surface area contributed by atoms with Gasteiger partial charge < -0.3 is 14.9 Å². The lowest BCUT2D eigenvalue weighted by atomic mass is 10.1. The van der Waals surface area contributed by atoms with Gasteiger partial charge in [-0.3, -0.25) is 4.79 Å². The molecule has 0 saturated heterocycles. The maximum atomic E-state index is 10.4. The van der Waals surface area contributed by atoms with E-state index in [1.165, 1.54) is 0 Å². The first-order valence-corrected chi connectivity index (χ1v) is 5.82. The van der Waals surface area contributed by atoms with Crippen molar-refractivity contribution in [3.05, 3.63) is 29.8 Å². The van der Waals surface area contributed by atoms with Crippen molar-refractivity contribution in [3.63, 3.8) is 0 Å². The number of aliphatic imine (C=N–C) groups is 1. The molecule has 2 N–H and O–H groups in total. The van der Waals surface area contributed by atoms with Gasteiger partial charge in [-0.05, 0) is 24.1 Å². The van der Waals surface area contributed by atoms with Gasteiger partial charge in [0, 0.05) is 12.8 Å². The summed E-state index contributed by atoms with van der Waals surface area (Å²) in [5.74, 6) is 0.0561. The van der Waals surface area contributed by atoms with E-state index in [0.717, 1.165) is 5.56 Å². The van der Waals surface area contributed by atoms with Crippen molar-refractivity contribution in [2.45, 2.75) is 25.3 Å². The molecule has 1 heterocycles. The first-order chi connectivity index (χ1) is 8.63. The Kier molecular flexibility index (Phi) is 3.82.